The molecule has 1 N–H and O–H groups in total. The lowest BCUT2D eigenvalue weighted by Crippen LogP contribution is -2.17. The second-order valence-corrected chi connectivity index (χ2v) is 2.70. The number of alkyl halides is 3. The smallest absolute Gasteiger partial charge is 0.496 e. The van der Waals surface area contributed by atoms with Crippen molar-refractivity contribution in [1.29, 1.82) is 0 Å². The fourth-order valence-corrected chi connectivity index (χ4v) is 1.07. The molecule has 0 fully saturated rings. The summed E-state index contributed by atoms with van der Waals surface area (Å²) in [7, 11) is 1.34. The Morgan fingerprint density at radius 3 is 2.56 bits per heavy atom. The monoisotopic (exact) mass is 235 g/mol. The van der Waals surface area contributed by atoms with Crippen molar-refractivity contribution in [1.82, 2.24) is 0 Å². The third kappa shape index (κ3) is 3.34. The maximum Gasteiger partial charge on any atom is 0.573 e. The Morgan fingerprint density at radius 1 is 1.38 bits per heavy atom. The molecule has 0 bridgehead atoms. The summed E-state index contributed by atoms with van der Waals surface area (Å²) < 4.78 is 44.2. The van der Waals surface area contributed by atoms with Crippen molar-refractivity contribution in [3.8, 4) is 11.5 Å². The van der Waals surface area contributed by atoms with Gasteiger partial charge in [-0.3, -0.25) is 0 Å². The number of rotatable bonds is 3. The Balaban J connectivity index is 3.02. The quantitative estimate of drug-likeness (QED) is 0.497. The summed E-state index contributed by atoms with van der Waals surface area (Å²) in [5.41, 5.74) is 0.173. The zero-order chi connectivity index (χ0) is 12.2. The van der Waals surface area contributed by atoms with Crippen LogP contribution in [0.1, 0.15) is 5.56 Å². The third-order valence-electron chi connectivity index (χ3n) is 1.63. The van der Waals surface area contributed by atoms with Crippen molar-refractivity contribution in [3.05, 3.63) is 23.8 Å². The lowest BCUT2D eigenvalue weighted by Gasteiger charge is -2.10. The first kappa shape index (κ1) is 12.2. The van der Waals surface area contributed by atoms with E-state index in [1.807, 2.05) is 0 Å². The van der Waals surface area contributed by atoms with Crippen LogP contribution in [-0.4, -0.2) is 24.9 Å². The molecule has 0 aliphatic carbocycles. The molecule has 0 aliphatic rings. The van der Waals surface area contributed by atoms with Gasteiger partial charge < -0.3 is 14.7 Å². The Morgan fingerprint density at radius 2 is 2.06 bits per heavy atom. The van der Waals surface area contributed by atoms with E-state index in [9.17, 15) is 13.2 Å². The molecule has 0 aromatic heterocycles. The van der Waals surface area contributed by atoms with Crippen molar-refractivity contribution in [2.45, 2.75) is 6.36 Å². The number of hydrogen-bond acceptors (Lipinski definition) is 4. The normalized spacial score (nSPS) is 11.8. The molecule has 0 atom stereocenters. The van der Waals surface area contributed by atoms with Gasteiger partial charge in [-0.1, -0.05) is 5.16 Å². The standard InChI is InChI=1S/C9H8F3NO3/c1-15-8-3-2-7(16-9(10,11)12)4-6(8)5-13-14/h2-5,14H,1H3/b13-5-. The van der Waals surface area contributed by atoms with Crippen LogP contribution in [0.15, 0.2) is 23.4 Å². The van der Waals surface area contributed by atoms with Crippen molar-refractivity contribution in [2.24, 2.45) is 5.16 Å². The van der Waals surface area contributed by atoms with Gasteiger partial charge in [0.1, 0.15) is 11.5 Å². The molecule has 4 nitrogen and oxygen atoms in total. The van der Waals surface area contributed by atoms with Crippen LogP contribution in [0.5, 0.6) is 11.5 Å². The van der Waals surface area contributed by atoms with E-state index in [-0.39, 0.29) is 11.3 Å². The predicted octanol–water partition coefficient (Wildman–Crippen LogP) is 2.40. The number of oxime groups is 1. The summed E-state index contributed by atoms with van der Waals surface area (Å²) >= 11 is 0. The SMILES string of the molecule is COc1ccc(OC(F)(F)F)cc1/C=N\O. The minimum absolute atomic E-state index is 0.173. The lowest BCUT2D eigenvalue weighted by atomic mass is 10.2. The molecule has 0 unspecified atom stereocenters. The van der Waals surface area contributed by atoms with Gasteiger partial charge in [0, 0.05) is 5.56 Å². The molecule has 1 rings (SSSR count). The molecule has 0 heterocycles. The largest absolute Gasteiger partial charge is 0.573 e. The molecule has 88 valence electrons. The Kier molecular flexibility index (Phi) is 3.60. The molecular formula is C9H8F3NO3. The van der Waals surface area contributed by atoms with Gasteiger partial charge in [-0.25, -0.2) is 0 Å². The van der Waals surface area contributed by atoms with E-state index < -0.39 is 12.1 Å². The first-order valence-electron chi connectivity index (χ1n) is 4.07. The van der Waals surface area contributed by atoms with Crippen molar-refractivity contribution in [3.63, 3.8) is 0 Å². The van der Waals surface area contributed by atoms with Gasteiger partial charge >= 0.3 is 6.36 Å². The zero-order valence-corrected chi connectivity index (χ0v) is 8.15. The van der Waals surface area contributed by atoms with E-state index in [4.69, 9.17) is 9.94 Å². The number of nitrogens with zero attached hydrogens (tertiary/aromatic N) is 1. The molecule has 0 radical (unpaired) electrons. The van der Waals surface area contributed by atoms with Crippen molar-refractivity contribution in [2.75, 3.05) is 7.11 Å². The molecule has 0 spiro atoms. The lowest BCUT2D eigenvalue weighted by molar-refractivity contribution is -0.274. The van der Waals surface area contributed by atoms with Crippen molar-refractivity contribution < 1.29 is 27.9 Å². The maximum atomic E-state index is 11.9. The molecule has 1 aromatic rings. The summed E-state index contributed by atoms with van der Waals surface area (Å²) in [4.78, 5) is 0. The van der Waals surface area contributed by atoms with Gasteiger partial charge in [-0.2, -0.15) is 0 Å². The minimum atomic E-state index is -4.76. The van der Waals surface area contributed by atoms with Crippen LogP contribution >= 0.6 is 0 Å². The van der Waals surface area contributed by atoms with Crippen LogP contribution in [0, 0.1) is 0 Å². The molecule has 0 amide bonds. The second kappa shape index (κ2) is 4.73. The summed E-state index contributed by atoms with van der Waals surface area (Å²) in [6.45, 7) is 0. The topological polar surface area (TPSA) is 51.0 Å². The second-order valence-electron chi connectivity index (χ2n) is 2.70. The average molecular weight is 235 g/mol. The van der Waals surface area contributed by atoms with Gasteiger partial charge in [-0.15, -0.1) is 13.2 Å². The minimum Gasteiger partial charge on any atom is -0.496 e. The van der Waals surface area contributed by atoms with E-state index >= 15 is 0 Å². The van der Waals surface area contributed by atoms with Crippen LogP contribution < -0.4 is 9.47 Å². The summed E-state index contributed by atoms with van der Waals surface area (Å²) in [6, 6.07) is 3.42. The molecule has 0 aliphatic heterocycles. The summed E-state index contributed by atoms with van der Waals surface area (Å²) in [5.74, 6) is -0.143. The molecule has 0 saturated carbocycles. The van der Waals surface area contributed by atoms with Crippen LogP contribution in [0.2, 0.25) is 0 Å². The van der Waals surface area contributed by atoms with E-state index in [2.05, 4.69) is 9.89 Å². The predicted molar refractivity (Wildman–Crippen MR) is 49.1 cm³/mol. The van der Waals surface area contributed by atoms with Gasteiger partial charge in [-0.05, 0) is 18.2 Å². The van der Waals surface area contributed by atoms with E-state index in [1.165, 1.54) is 13.2 Å². The van der Waals surface area contributed by atoms with E-state index in [0.29, 0.717) is 0 Å². The Hall–Kier alpha value is -1.92. The van der Waals surface area contributed by atoms with Crippen LogP contribution in [0.4, 0.5) is 13.2 Å². The van der Waals surface area contributed by atoms with Crippen LogP contribution in [-0.2, 0) is 0 Å². The molecular weight excluding hydrogens is 227 g/mol. The third-order valence-corrected chi connectivity index (χ3v) is 1.63. The van der Waals surface area contributed by atoms with E-state index in [1.54, 1.807) is 0 Å². The Labute approximate surface area is 88.9 Å². The summed E-state index contributed by atoms with van der Waals surface area (Å²) in [6.07, 6.45) is -3.82. The highest BCUT2D eigenvalue weighted by Gasteiger charge is 2.31. The highest BCUT2D eigenvalue weighted by Crippen LogP contribution is 2.27. The van der Waals surface area contributed by atoms with Crippen LogP contribution in [0.3, 0.4) is 0 Å². The number of halogens is 3. The molecule has 16 heavy (non-hydrogen) atoms. The van der Waals surface area contributed by atoms with E-state index in [0.717, 1.165) is 18.3 Å². The highest BCUT2D eigenvalue weighted by molar-refractivity contribution is 5.83. The first-order valence-corrected chi connectivity index (χ1v) is 4.07. The zero-order valence-electron chi connectivity index (χ0n) is 8.15. The fourth-order valence-electron chi connectivity index (χ4n) is 1.07. The molecule has 7 heteroatoms. The van der Waals surface area contributed by atoms with Crippen molar-refractivity contribution >= 4 is 6.21 Å². The highest BCUT2D eigenvalue weighted by atomic mass is 19.4. The summed E-state index contributed by atoms with van der Waals surface area (Å²) in [5, 5.41) is 11.0. The molecule has 1 aromatic carbocycles. The average Bonchev–Trinajstić information content (AvgIpc) is 2.16. The fraction of sp³-hybridized carbons (Fsp3) is 0.222. The number of benzene rings is 1. The Bertz CT molecular complexity index is 390. The van der Waals surface area contributed by atoms with Gasteiger partial charge in [0.25, 0.3) is 0 Å². The number of ether oxygens (including phenoxy) is 2. The molecule has 0 saturated heterocycles. The van der Waals surface area contributed by atoms with Crippen LogP contribution in [0.25, 0.3) is 0 Å². The maximum absolute atomic E-state index is 11.9. The van der Waals surface area contributed by atoms with Gasteiger partial charge in [0.15, 0.2) is 0 Å². The number of hydrogen-bond donors (Lipinski definition) is 1. The number of methoxy groups -OCH3 is 1. The van der Waals surface area contributed by atoms with Gasteiger partial charge in [0.05, 0.1) is 13.3 Å². The van der Waals surface area contributed by atoms with Gasteiger partial charge in [0.2, 0.25) is 0 Å². The first-order chi connectivity index (χ1) is 7.46.